The average molecular weight is 242 g/mol. The number of nitrogens with zero attached hydrogens (tertiary/aromatic N) is 1. The number of nitrogens with one attached hydrogen (secondary N) is 1. The number of pyridine rings is 1. The molecule has 0 bridgehead atoms. The standard InChI is InChI=1S/C15H18N2O/c1-11(16-2)12-5-4-6-13(9-12)14-7-8-15(18-3)17-10-14/h4-11,16H,1-3H3. The van der Waals surface area contributed by atoms with Crippen molar-refractivity contribution in [3.63, 3.8) is 0 Å². The summed E-state index contributed by atoms with van der Waals surface area (Å²) in [6.45, 7) is 2.14. The van der Waals surface area contributed by atoms with Crippen LogP contribution in [0.15, 0.2) is 42.6 Å². The highest BCUT2D eigenvalue weighted by atomic mass is 16.5. The maximum atomic E-state index is 5.06. The summed E-state index contributed by atoms with van der Waals surface area (Å²) in [5, 5.41) is 3.24. The van der Waals surface area contributed by atoms with Gasteiger partial charge in [-0.25, -0.2) is 4.98 Å². The molecule has 0 radical (unpaired) electrons. The molecule has 1 aromatic carbocycles. The third kappa shape index (κ3) is 2.68. The van der Waals surface area contributed by atoms with E-state index in [9.17, 15) is 0 Å². The van der Waals surface area contributed by atoms with Crippen LogP contribution < -0.4 is 10.1 Å². The highest BCUT2D eigenvalue weighted by Crippen LogP contribution is 2.23. The van der Waals surface area contributed by atoms with Crippen LogP contribution in [0.4, 0.5) is 0 Å². The van der Waals surface area contributed by atoms with Gasteiger partial charge in [0.15, 0.2) is 0 Å². The van der Waals surface area contributed by atoms with E-state index in [4.69, 9.17) is 4.74 Å². The zero-order valence-electron chi connectivity index (χ0n) is 11.0. The number of aromatic nitrogens is 1. The van der Waals surface area contributed by atoms with Crippen LogP contribution >= 0.6 is 0 Å². The first-order valence-electron chi connectivity index (χ1n) is 6.02. The Balaban J connectivity index is 2.32. The van der Waals surface area contributed by atoms with Crippen LogP contribution in [0.2, 0.25) is 0 Å². The van der Waals surface area contributed by atoms with E-state index in [1.807, 2.05) is 25.4 Å². The summed E-state index contributed by atoms with van der Waals surface area (Å²) in [4.78, 5) is 4.23. The molecule has 1 unspecified atom stereocenters. The van der Waals surface area contributed by atoms with Crippen LogP contribution in [0.25, 0.3) is 11.1 Å². The van der Waals surface area contributed by atoms with Crippen molar-refractivity contribution in [3.05, 3.63) is 48.2 Å². The van der Waals surface area contributed by atoms with Gasteiger partial charge in [0.25, 0.3) is 0 Å². The van der Waals surface area contributed by atoms with Crippen molar-refractivity contribution in [1.29, 1.82) is 0 Å². The van der Waals surface area contributed by atoms with E-state index in [-0.39, 0.29) is 0 Å². The monoisotopic (exact) mass is 242 g/mol. The van der Waals surface area contributed by atoms with Crippen LogP contribution in [0.1, 0.15) is 18.5 Å². The van der Waals surface area contributed by atoms with Gasteiger partial charge in [0.1, 0.15) is 0 Å². The Morgan fingerprint density at radius 1 is 1.17 bits per heavy atom. The molecule has 1 N–H and O–H groups in total. The van der Waals surface area contributed by atoms with Gasteiger partial charge in [-0.05, 0) is 37.2 Å². The van der Waals surface area contributed by atoms with Crippen molar-refractivity contribution in [1.82, 2.24) is 10.3 Å². The molecule has 18 heavy (non-hydrogen) atoms. The lowest BCUT2D eigenvalue weighted by Crippen LogP contribution is -2.12. The minimum atomic E-state index is 0.344. The van der Waals surface area contributed by atoms with Crippen LogP contribution in [0.5, 0.6) is 5.88 Å². The topological polar surface area (TPSA) is 34.1 Å². The third-order valence-corrected chi connectivity index (χ3v) is 3.10. The molecule has 94 valence electrons. The van der Waals surface area contributed by atoms with E-state index in [0.29, 0.717) is 11.9 Å². The predicted molar refractivity (Wildman–Crippen MR) is 73.7 cm³/mol. The van der Waals surface area contributed by atoms with Gasteiger partial charge in [-0.3, -0.25) is 0 Å². The molecule has 2 rings (SSSR count). The molecule has 0 fully saturated rings. The fourth-order valence-corrected chi connectivity index (χ4v) is 1.83. The smallest absolute Gasteiger partial charge is 0.212 e. The van der Waals surface area contributed by atoms with Crippen molar-refractivity contribution < 1.29 is 4.74 Å². The molecule has 0 saturated heterocycles. The molecular formula is C15H18N2O. The highest BCUT2D eigenvalue weighted by molar-refractivity contribution is 5.63. The Labute approximate surface area is 108 Å². The summed E-state index contributed by atoms with van der Waals surface area (Å²) in [5.74, 6) is 0.637. The first-order valence-corrected chi connectivity index (χ1v) is 6.02. The number of benzene rings is 1. The first kappa shape index (κ1) is 12.6. The maximum Gasteiger partial charge on any atom is 0.212 e. The van der Waals surface area contributed by atoms with Crippen molar-refractivity contribution in [2.75, 3.05) is 14.2 Å². The molecule has 0 saturated carbocycles. The summed E-state index contributed by atoms with van der Waals surface area (Å²) in [5.41, 5.74) is 3.54. The Kier molecular flexibility index (Phi) is 3.95. The van der Waals surface area contributed by atoms with E-state index in [1.54, 1.807) is 7.11 Å². The quantitative estimate of drug-likeness (QED) is 0.894. The van der Waals surface area contributed by atoms with Gasteiger partial charge in [-0.2, -0.15) is 0 Å². The normalized spacial score (nSPS) is 12.2. The van der Waals surface area contributed by atoms with Gasteiger partial charge in [0.2, 0.25) is 5.88 Å². The van der Waals surface area contributed by atoms with Crippen LogP contribution in [0, 0.1) is 0 Å². The number of hydrogen-bond donors (Lipinski definition) is 1. The second-order valence-corrected chi connectivity index (χ2v) is 4.23. The van der Waals surface area contributed by atoms with Gasteiger partial charge in [-0.1, -0.05) is 18.2 Å². The molecule has 2 aromatic rings. The lowest BCUT2D eigenvalue weighted by molar-refractivity contribution is 0.398. The van der Waals surface area contributed by atoms with Crippen molar-refractivity contribution in [3.8, 4) is 17.0 Å². The summed E-state index contributed by atoms with van der Waals surface area (Å²) >= 11 is 0. The van der Waals surface area contributed by atoms with Crippen LogP contribution in [0.3, 0.4) is 0 Å². The number of methoxy groups -OCH3 is 1. The lowest BCUT2D eigenvalue weighted by Gasteiger charge is -2.12. The van der Waals surface area contributed by atoms with Gasteiger partial charge in [0.05, 0.1) is 7.11 Å². The summed E-state index contributed by atoms with van der Waals surface area (Å²) < 4.78 is 5.06. The van der Waals surface area contributed by atoms with Gasteiger partial charge >= 0.3 is 0 Å². The molecule has 1 heterocycles. The van der Waals surface area contributed by atoms with E-state index in [1.165, 1.54) is 11.1 Å². The summed E-state index contributed by atoms with van der Waals surface area (Å²) in [6.07, 6.45) is 1.84. The van der Waals surface area contributed by atoms with Crippen molar-refractivity contribution in [2.45, 2.75) is 13.0 Å². The Bertz CT molecular complexity index is 508. The molecule has 3 nitrogen and oxygen atoms in total. The molecule has 0 aliphatic rings. The Hall–Kier alpha value is -1.87. The molecule has 1 aromatic heterocycles. The fraction of sp³-hybridized carbons (Fsp3) is 0.267. The molecule has 1 atom stereocenters. The molecule has 0 aliphatic carbocycles. The molecule has 0 amide bonds. The van der Waals surface area contributed by atoms with Crippen molar-refractivity contribution in [2.24, 2.45) is 0 Å². The SMILES string of the molecule is CNC(C)c1cccc(-c2ccc(OC)nc2)c1. The van der Waals surface area contributed by atoms with Crippen LogP contribution in [-0.4, -0.2) is 19.1 Å². The Morgan fingerprint density at radius 2 is 2.00 bits per heavy atom. The number of rotatable bonds is 4. The predicted octanol–water partition coefficient (Wildman–Crippen LogP) is 3.04. The fourth-order valence-electron chi connectivity index (χ4n) is 1.83. The van der Waals surface area contributed by atoms with Crippen molar-refractivity contribution >= 4 is 0 Å². The summed E-state index contributed by atoms with van der Waals surface area (Å²) in [6, 6.07) is 12.7. The first-order chi connectivity index (χ1) is 8.74. The molecule has 0 spiro atoms. The lowest BCUT2D eigenvalue weighted by atomic mass is 10.0. The number of ether oxygens (including phenoxy) is 1. The number of hydrogen-bond acceptors (Lipinski definition) is 3. The van der Waals surface area contributed by atoms with E-state index < -0.39 is 0 Å². The van der Waals surface area contributed by atoms with E-state index in [2.05, 4.69) is 41.5 Å². The van der Waals surface area contributed by atoms with Gasteiger partial charge in [-0.15, -0.1) is 0 Å². The van der Waals surface area contributed by atoms with E-state index >= 15 is 0 Å². The maximum absolute atomic E-state index is 5.06. The minimum Gasteiger partial charge on any atom is -0.481 e. The molecule has 0 aliphatic heterocycles. The van der Waals surface area contributed by atoms with Gasteiger partial charge < -0.3 is 10.1 Å². The molecule has 3 heteroatoms. The Morgan fingerprint density at radius 3 is 2.61 bits per heavy atom. The zero-order chi connectivity index (χ0) is 13.0. The second-order valence-electron chi connectivity index (χ2n) is 4.23. The zero-order valence-corrected chi connectivity index (χ0v) is 11.0. The van der Waals surface area contributed by atoms with E-state index in [0.717, 1.165) is 5.56 Å². The third-order valence-electron chi connectivity index (χ3n) is 3.10. The highest BCUT2D eigenvalue weighted by Gasteiger charge is 2.05. The largest absolute Gasteiger partial charge is 0.481 e. The van der Waals surface area contributed by atoms with Gasteiger partial charge in [0, 0.05) is 23.9 Å². The summed E-state index contributed by atoms with van der Waals surface area (Å²) in [7, 11) is 3.59. The molecular weight excluding hydrogens is 224 g/mol. The van der Waals surface area contributed by atoms with Crippen LogP contribution in [-0.2, 0) is 0 Å². The minimum absolute atomic E-state index is 0.344. The average Bonchev–Trinajstić information content (AvgIpc) is 2.46. The second kappa shape index (κ2) is 5.65.